The van der Waals surface area contributed by atoms with Gasteiger partial charge in [0, 0.05) is 12.0 Å². The Morgan fingerprint density at radius 3 is 3.23 bits per heavy atom. The van der Waals surface area contributed by atoms with Gasteiger partial charge in [0.05, 0.1) is 11.9 Å². The zero-order valence-electron chi connectivity index (χ0n) is 7.62. The maximum Gasteiger partial charge on any atom is 0.109 e. The van der Waals surface area contributed by atoms with Crippen LogP contribution in [0.25, 0.3) is 0 Å². The smallest absolute Gasteiger partial charge is 0.109 e. The van der Waals surface area contributed by atoms with E-state index < -0.39 is 5.60 Å². The molecule has 72 valence electrons. The molecule has 1 unspecified atom stereocenters. The van der Waals surface area contributed by atoms with Gasteiger partial charge in [-0.2, -0.15) is 0 Å². The molecule has 0 saturated heterocycles. The second-order valence-electron chi connectivity index (χ2n) is 3.68. The number of aryl methyl sites for hydroxylation is 1. The Bertz CT molecular complexity index is 295. The monoisotopic (exact) mass is 181 g/mol. The summed E-state index contributed by atoms with van der Waals surface area (Å²) in [4.78, 5) is 0. The Hall–Kier alpha value is -0.800. The number of nitrogens with two attached hydrogens (primary N) is 1. The van der Waals surface area contributed by atoms with E-state index in [1.807, 2.05) is 6.07 Å². The molecule has 3 nitrogen and oxygen atoms in total. The van der Waals surface area contributed by atoms with Gasteiger partial charge >= 0.3 is 0 Å². The molecule has 1 atom stereocenters. The lowest BCUT2D eigenvalue weighted by molar-refractivity contribution is 0.0104. The van der Waals surface area contributed by atoms with Crippen LogP contribution in [0.5, 0.6) is 0 Å². The third-order valence-corrected chi connectivity index (χ3v) is 2.80. The second-order valence-corrected chi connectivity index (χ2v) is 3.68. The predicted molar refractivity (Wildman–Crippen MR) is 49.2 cm³/mol. The fourth-order valence-electron chi connectivity index (χ4n) is 2.12. The van der Waals surface area contributed by atoms with Crippen molar-refractivity contribution in [2.24, 2.45) is 5.73 Å². The molecule has 2 rings (SSSR count). The van der Waals surface area contributed by atoms with Gasteiger partial charge in [0.2, 0.25) is 0 Å². The lowest BCUT2D eigenvalue weighted by Gasteiger charge is -2.31. The molecule has 1 aliphatic carbocycles. The highest BCUT2D eigenvalue weighted by molar-refractivity contribution is 5.27. The van der Waals surface area contributed by atoms with Gasteiger partial charge in [-0.05, 0) is 31.9 Å². The van der Waals surface area contributed by atoms with Crippen LogP contribution in [0.4, 0.5) is 0 Å². The van der Waals surface area contributed by atoms with Crippen LogP contribution in [0.3, 0.4) is 0 Å². The number of fused-ring (bicyclic) bond motifs is 1. The minimum atomic E-state index is -0.727. The second kappa shape index (κ2) is 3.16. The third kappa shape index (κ3) is 1.38. The summed E-state index contributed by atoms with van der Waals surface area (Å²) in [6, 6.07) is 1.87. The predicted octanol–water partition coefficient (Wildman–Crippen LogP) is 1.15. The van der Waals surface area contributed by atoms with Crippen LogP contribution in [0.2, 0.25) is 0 Å². The van der Waals surface area contributed by atoms with E-state index in [0.717, 1.165) is 30.6 Å². The summed E-state index contributed by atoms with van der Waals surface area (Å²) in [7, 11) is 0. The first-order valence-corrected chi connectivity index (χ1v) is 4.75. The van der Waals surface area contributed by atoms with Gasteiger partial charge in [0.15, 0.2) is 0 Å². The molecule has 0 spiro atoms. The number of hydrogen-bond donors (Lipinski definition) is 2. The Labute approximate surface area is 77.5 Å². The maximum absolute atomic E-state index is 10.3. The van der Waals surface area contributed by atoms with Crippen molar-refractivity contribution in [2.75, 3.05) is 6.54 Å². The van der Waals surface area contributed by atoms with E-state index >= 15 is 0 Å². The Morgan fingerprint density at radius 1 is 1.62 bits per heavy atom. The van der Waals surface area contributed by atoms with Crippen LogP contribution in [-0.2, 0) is 12.0 Å². The van der Waals surface area contributed by atoms with Gasteiger partial charge in [-0.25, -0.2) is 0 Å². The van der Waals surface area contributed by atoms with E-state index in [2.05, 4.69) is 0 Å². The summed E-state index contributed by atoms with van der Waals surface area (Å²) in [6.07, 6.45) is 5.00. The van der Waals surface area contributed by atoms with Crippen molar-refractivity contribution < 1.29 is 9.52 Å². The summed E-state index contributed by atoms with van der Waals surface area (Å²) in [5, 5.41) is 10.3. The molecule has 0 radical (unpaired) electrons. The highest BCUT2D eigenvalue weighted by Crippen LogP contribution is 2.37. The van der Waals surface area contributed by atoms with Crippen LogP contribution >= 0.6 is 0 Å². The van der Waals surface area contributed by atoms with Gasteiger partial charge < -0.3 is 15.3 Å². The highest BCUT2D eigenvalue weighted by Gasteiger charge is 2.35. The van der Waals surface area contributed by atoms with E-state index in [-0.39, 0.29) is 0 Å². The van der Waals surface area contributed by atoms with Gasteiger partial charge in [-0.15, -0.1) is 0 Å². The SMILES string of the molecule is NCCC1(O)CCCc2occc21. The third-order valence-electron chi connectivity index (χ3n) is 2.80. The first-order chi connectivity index (χ1) is 6.26. The van der Waals surface area contributed by atoms with Crippen molar-refractivity contribution in [1.82, 2.24) is 0 Å². The summed E-state index contributed by atoms with van der Waals surface area (Å²) in [6.45, 7) is 0.515. The lowest BCUT2D eigenvalue weighted by Crippen LogP contribution is -2.32. The van der Waals surface area contributed by atoms with E-state index in [9.17, 15) is 5.11 Å². The molecule has 0 saturated carbocycles. The van der Waals surface area contributed by atoms with E-state index in [1.165, 1.54) is 0 Å². The molecule has 13 heavy (non-hydrogen) atoms. The zero-order chi connectivity index (χ0) is 9.31. The molecule has 0 aliphatic heterocycles. The minimum Gasteiger partial charge on any atom is -0.469 e. The van der Waals surface area contributed by atoms with E-state index in [1.54, 1.807) is 6.26 Å². The van der Waals surface area contributed by atoms with Gasteiger partial charge in [-0.1, -0.05) is 0 Å². The lowest BCUT2D eigenvalue weighted by atomic mass is 9.81. The quantitative estimate of drug-likeness (QED) is 0.719. The Kier molecular flexibility index (Phi) is 2.14. The first kappa shape index (κ1) is 8.78. The summed E-state index contributed by atoms with van der Waals surface area (Å²) in [5.74, 6) is 0.933. The van der Waals surface area contributed by atoms with Crippen molar-refractivity contribution in [1.29, 1.82) is 0 Å². The van der Waals surface area contributed by atoms with Crippen molar-refractivity contribution in [2.45, 2.75) is 31.3 Å². The van der Waals surface area contributed by atoms with Crippen LogP contribution in [-0.4, -0.2) is 11.7 Å². The summed E-state index contributed by atoms with van der Waals surface area (Å²) >= 11 is 0. The molecule has 1 aromatic rings. The fraction of sp³-hybridized carbons (Fsp3) is 0.600. The molecule has 0 aromatic carbocycles. The minimum absolute atomic E-state index is 0.515. The average Bonchev–Trinajstić information content (AvgIpc) is 2.54. The number of rotatable bonds is 2. The van der Waals surface area contributed by atoms with Crippen molar-refractivity contribution >= 4 is 0 Å². The van der Waals surface area contributed by atoms with Gasteiger partial charge in [0.1, 0.15) is 5.76 Å². The maximum atomic E-state index is 10.3. The van der Waals surface area contributed by atoms with Crippen molar-refractivity contribution in [3.63, 3.8) is 0 Å². The van der Waals surface area contributed by atoms with Gasteiger partial charge in [-0.3, -0.25) is 0 Å². The highest BCUT2D eigenvalue weighted by atomic mass is 16.3. The number of aliphatic hydroxyl groups is 1. The summed E-state index contributed by atoms with van der Waals surface area (Å²) < 4.78 is 5.30. The zero-order valence-corrected chi connectivity index (χ0v) is 7.62. The standard InChI is InChI=1S/C10H15NO2/c11-6-5-10(12)4-1-2-9-8(10)3-7-13-9/h3,7,12H,1-2,4-6,11H2. The molecular formula is C10H15NO2. The average molecular weight is 181 g/mol. The van der Waals surface area contributed by atoms with E-state index in [0.29, 0.717) is 13.0 Å². The molecule has 0 fully saturated rings. The van der Waals surface area contributed by atoms with Crippen LogP contribution in [0, 0.1) is 0 Å². The molecular weight excluding hydrogens is 166 g/mol. The molecule has 1 heterocycles. The summed E-state index contributed by atoms with van der Waals surface area (Å²) in [5.41, 5.74) is 5.70. The van der Waals surface area contributed by atoms with Crippen molar-refractivity contribution in [3.8, 4) is 0 Å². The van der Waals surface area contributed by atoms with Crippen molar-refractivity contribution in [3.05, 3.63) is 23.7 Å². The van der Waals surface area contributed by atoms with Gasteiger partial charge in [0.25, 0.3) is 0 Å². The first-order valence-electron chi connectivity index (χ1n) is 4.75. The van der Waals surface area contributed by atoms with Crippen LogP contribution in [0.15, 0.2) is 16.7 Å². The fourth-order valence-corrected chi connectivity index (χ4v) is 2.12. The molecule has 3 N–H and O–H groups in total. The Morgan fingerprint density at radius 2 is 2.46 bits per heavy atom. The number of hydrogen-bond acceptors (Lipinski definition) is 3. The molecule has 1 aromatic heterocycles. The molecule has 1 aliphatic rings. The molecule has 0 bridgehead atoms. The normalized spacial score (nSPS) is 27.2. The van der Waals surface area contributed by atoms with Crippen LogP contribution < -0.4 is 5.73 Å². The largest absolute Gasteiger partial charge is 0.469 e. The molecule has 3 heteroatoms. The Balaban J connectivity index is 2.33. The van der Waals surface area contributed by atoms with Crippen LogP contribution in [0.1, 0.15) is 30.6 Å². The van der Waals surface area contributed by atoms with E-state index in [4.69, 9.17) is 10.2 Å². The molecule has 0 amide bonds. The topological polar surface area (TPSA) is 59.4 Å². The number of furan rings is 1.